The third kappa shape index (κ3) is 3.85. The molecule has 0 saturated carbocycles. The van der Waals surface area contributed by atoms with E-state index in [1.807, 2.05) is 0 Å². The van der Waals surface area contributed by atoms with Gasteiger partial charge in [-0.2, -0.15) is 0 Å². The molecule has 15 heavy (non-hydrogen) atoms. The molecule has 1 N–H and O–H groups in total. The van der Waals surface area contributed by atoms with Crippen molar-refractivity contribution >= 4 is 0 Å². The molecule has 1 aliphatic heterocycles. The fourth-order valence-corrected chi connectivity index (χ4v) is 2.34. The van der Waals surface area contributed by atoms with Crippen LogP contribution in [0.2, 0.25) is 0 Å². The van der Waals surface area contributed by atoms with Gasteiger partial charge in [-0.3, -0.25) is 5.32 Å². The summed E-state index contributed by atoms with van der Waals surface area (Å²) in [5.41, 5.74) is -0.185. The van der Waals surface area contributed by atoms with E-state index in [9.17, 15) is 0 Å². The molecule has 0 aliphatic carbocycles. The molecule has 1 aliphatic rings. The molecule has 86 valence electrons. The maximum Gasteiger partial charge on any atom is 0.0743 e. The second kappa shape index (κ2) is 5.01. The minimum atomic E-state index is -0.185. The quantitative estimate of drug-likeness (QED) is 0.710. The lowest BCUT2D eigenvalue weighted by atomic mass is 9.90. The summed E-state index contributed by atoms with van der Waals surface area (Å²) in [5.74, 6) is 3.53. The van der Waals surface area contributed by atoms with Gasteiger partial charge in [0.1, 0.15) is 0 Å². The van der Waals surface area contributed by atoms with Crippen molar-refractivity contribution in [1.29, 1.82) is 0 Å². The molecule has 0 amide bonds. The number of piperidine rings is 1. The van der Waals surface area contributed by atoms with Gasteiger partial charge in [0.15, 0.2) is 0 Å². The Morgan fingerprint density at radius 2 is 2.20 bits per heavy atom. The summed E-state index contributed by atoms with van der Waals surface area (Å²) in [7, 11) is 2.20. The Morgan fingerprint density at radius 1 is 1.53 bits per heavy atom. The monoisotopic (exact) mass is 208 g/mol. The smallest absolute Gasteiger partial charge is 0.0743 e. The van der Waals surface area contributed by atoms with Crippen LogP contribution in [-0.2, 0) is 0 Å². The SMILES string of the molecule is C#CC(C)(C)NC(C)C1CCCN(C)C1. The van der Waals surface area contributed by atoms with E-state index >= 15 is 0 Å². The lowest BCUT2D eigenvalue weighted by Crippen LogP contribution is -2.50. The number of likely N-dealkylation sites (tertiary alicyclic amines) is 1. The topological polar surface area (TPSA) is 15.3 Å². The molecular formula is C13H24N2. The number of rotatable bonds is 3. The number of nitrogens with one attached hydrogen (secondary N) is 1. The largest absolute Gasteiger partial charge is 0.306 e. The van der Waals surface area contributed by atoms with Crippen LogP contribution >= 0.6 is 0 Å². The highest BCUT2D eigenvalue weighted by Gasteiger charge is 2.26. The van der Waals surface area contributed by atoms with Crippen molar-refractivity contribution in [3.63, 3.8) is 0 Å². The molecule has 0 aromatic heterocycles. The molecule has 1 rings (SSSR count). The lowest BCUT2D eigenvalue weighted by molar-refractivity contribution is 0.170. The van der Waals surface area contributed by atoms with Gasteiger partial charge in [0.25, 0.3) is 0 Å². The van der Waals surface area contributed by atoms with E-state index in [-0.39, 0.29) is 5.54 Å². The zero-order valence-electron chi connectivity index (χ0n) is 10.5. The first kappa shape index (κ1) is 12.5. The highest BCUT2D eigenvalue weighted by Crippen LogP contribution is 2.20. The molecule has 1 saturated heterocycles. The third-order valence-corrected chi connectivity index (χ3v) is 3.32. The van der Waals surface area contributed by atoms with Crippen molar-refractivity contribution in [2.24, 2.45) is 5.92 Å². The molecule has 0 bridgehead atoms. The van der Waals surface area contributed by atoms with E-state index in [0.29, 0.717) is 6.04 Å². The molecule has 2 nitrogen and oxygen atoms in total. The molecule has 2 unspecified atom stereocenters. The van der Waals surface area contributed by atoms with E-state index in [0.717, 1.165) is 5.92 Å². The summed E-state index contributed by atoms with van der Waals surface area (Å²) < 4.78 is 0. The Kier molecular flexibility index (Phi) is 4.19. The number of hydrogen-bond donors (Lipinski definition) is 1. The highest BCUT2D eigenvalue weighted by molar-refractivity contribution is 5.08. The maximum absolute atomic E-state index is 5.49. The van der Waals surface area contributed by atoms with E-state index in [1.54, 1.807) is 0 Å². The summed E-state index contributed by atoms with van der Waals surface area (Å²) in [4.78, 5) is 2.41. The molecule has 1 heterocycles. The van der Waals surface area contributed by atoms with E-state index < -0.39 is 0 Å². The molecule has 2 atom stereocenters. The number of nitrogens with zero attached hydrogens (tertiary/aromatic N) is 1. The van der Waals surface area contributed by atoms with Gasteiger partial charge in [-0.25, -0.2) is 0 Å². The van der Waals surface area contributed by atoms with E-state index in [2.05, 4.69) is 44.0 Å². The predicted molar refractivity (Wildman–Crippen MR) is 65.7 cm³/mol. The first-order valence-corrected chi connectivity index (χ1v) is 5.88. The van der Waals surface area contributed by atoms with Gasteiger partial charge in [0, 0.05) is 12.6 Å². The molecule has 0 spiro atoms. The molecule has 0 aromatic rings. The molecule has 0 radical (unpaired) electrons. The van der Waals surface area contributed by atoms with Crippen molar-refractivity contribution in [1.82, 2.24) is 10.2 Å². The molecule has 0 aromatic carbocycles. The maximum atomic E-state index is 5.49. The third-order valence-electron chi connectivity index (χ3n) is 3.32. The Labute approximate surface area is 94.4 Å². The van der Waals surface area contributed by atoms with Crippen LogP contribution in [0.4, 0.5) is 0 Å². The van der Waals surface area contributed by atoms with Gasteiger partial charge in [-0.15, -0.1) is 6.42 Å². The van der Waals surface area contributed by atoms with Crippen LogP contribution in [0.25, 0.3) is 0 Å². The summed E-state index contributed by atoms with van der Waals surface area (Å²) in [5, 5.41) is 3.53. The highest BCUT2D eigenvalue weighted by atomic mass is 15.1. The standard InChI is InChI=1S/C13H24N2/c1-6-13(3,4)14-11(2)12-8-7-9-15(5)10-12/h1,11-12,14H,7-10H2,2-5H3. The van der Waals surface area contributed by atoms with Crippen LogP contribution in [0.15, 0.2) is 0 Å². The Hall–Kier alpha value is -0.520. The van der Waals surface area contributed by atoms with Crippen LogP contribution in [0.3, 0.4) is 0 Å². The number of terminal acetylenes is 1. The van der Waals surface area contributed by atoms with Crippen molar-refractivity contribution < 1.29 is 0 Å². The van der Waals surface area contributed by atoms with E-state index in [1.165, 1.54) is 25.9 Å². The first-order valence-electron chi connectivity index (χ1n) is 5.88. The zero-order valence-corrected chi connectivity index (χ0v) is 10.5. The minimum absolute atomic E-state index is 0.185. The normalized spacial score (nSPS) is 25.9. The van der Waals surface area contributed by atoms with Gasteiger partial charge in [-0.1, -0.05) is 5.92 Å². The fraction of sp³-hybridized carbons (Fsp3) is 0.846. The lowest BCUT2D eigenvalue weighted by Gasteiger charge is -2.36. The van der Waals surface area contributed by atoms with Crippen LogP contribution < -0.4 is 5.32 Å². The van der Waals surface area contributed by atoms with Crippen molar-refractivity contribution in [3.8, 4) is 12.3 Å². The second-order valence-corrected chi connectivity index (χ2v) is 5.37. The van der Waals surface area contributed by atoms with Gasteiger partial charge in [0.2, 0.25) is 0 Å². The second-order valence-electron chi connectivity index (χ2n) is 5.37. The van der Waals surface area contributed by atoms with Crippen molar-refractivity contribution in [2.75, 3.05) is 20.1 Å². The van der Waals surface area contributed by atoms with Crippen LogP contribution in [-0.4, -0.2) is 36.6 Å². The number of hydrogen-bond acceptors (Lipinski definition) is 2. The van der Waals surface area contributed by atoms with Crippen LogP contribution in [0.1, 0.15) is 33.6 Å². The first-order chi connectivity index (χ1) is 6.94. The molecular weight excluding hydrogens is 184 g/mol. The summed E-state index contributed by atoms with van der Waals surface area (Å²) in [6.45, 7) is 8.81. The molecule has 2 heteroatoms. The van der Waals surface area contributed by atoms with Gasteiger partial charge in [-0.05, 0) is 53.1 Å². The predicted octanol–water partition coefficient (Wildman–Crippen LogP) is 1.72. The summed E-state index contributed by atoms with van der Waals surface area (Å²) in [6, 6.07) is 0.499. The van der Waals surface area contributed by atoms with Gasteiger partial charge >= 0.3 is 0 Å². The Bertz CT molecular complexity index is 239. The van der Waals surface area contributed by atoms with E-state index in [4.69, 9.17) is 6.42 Å². The Morgan fingerprint density at radius 3 is 2.73 bits per heavy atom. The summed E-state index contributed by atoms with van der Waals surface area (Å²) in [6.07, 6.45) is 8.12. The minimum Gasteiger partial charge on any atom is -0.306 e. The average molecular weight is 208 g/mol. The molecule has 1 fully saturated rings. The van der Waals surface area contributed by atoms with Gasteiger partial charge < -0.3 is 4.90 Å². The summed E-state index contributed by atoms with van der Waals surface area (Å²) >= 11 is 0. The van der Waals surface area contributed by atoms with Crippen LogP contribution in [0.5, 0.6) is 0 Å². The van der Waals surface area contributed by atoms with Gasteiger partial charge in [0.05, 0.1) is 5.54 Å². The fourth-order valence-electron chi connectivity index (χ4n) is 2.34. The van der Waals surface area contributed by atoms with Crippen molar-refractivity contribution in [2.45, 2.75) is 45.2 Å². The van der Waals surface area contributed by atoms with Crippen LogP contribution in [0, 0.1) is 18.3 Å². The zero-order chi connectivity index (χ0) is 11.5. The Balaban J connectivity index is 2.46. The van der Waals surface area contributed by atoms with Crippen molar-refractivity contribution in [3.05, 3.63) is 0 Å². The average Bonchev–Trinajstić information content (AvgIpc) is 2.17.